The van der Waals surface area contributed by atoms with Gasteiger partial charge in [0.1, 0.15) is 11.6 Å². The molecular formula is C21H30N6. The molecule has 1 aliphatic carbocycles. The first kappa shape index (κ1) is 18.3. The highest BCUT2D eigenvalue weighted by molar-refractivity contribution is 5.42. The van der Waals surface area contributed by atoms with E-state index in [0.717, 1.165) is 56.4 Å². The lowest BCUT2D eigenvalue weighted by Crippen LogP contribution is -2.50. The lowest BCUT2D eigenvalue weighted by atomic mass is 9.91. The molecule has 144 valence electrons. The monoisotopic (exact) mass is 366 g/mol. The summed E-state index contributed by atoms with van der Waals surface area (Å²) in [6, 6.07) is 7.27. The second kappa shape index (κ2) is 7.90. The van der Waals surface area contributed by atoms with Crippen molar-refractivity contribution in [2.75, 3.05) is 31.6 Å². The smallest absolute Gasteiger partial charge is 0.132 e. The summed E-state index contributed by atoms with van der Waals surface area (Å²) >= 11 is 0. The molecule has 0 bridgehead atoms. The van der Waals surface area contributed by atoms with Gasteiger partial charge in [0, 0.05) is 44.5 Å². The lowest BCUT2D eigenvalue weighted by molar-refractivity contribution is 0.206. The second-order valence-corrected chi connectivity index (χ2v) is 7.88. The highest BCUT2D eigenvalue weighted by Gasteiger charge is 2.26. The molecular weight excluding hydrogens is 336 g/mol. The maximum Gasteiger partial charge on any atom is 0.132 e. The van der Waals surface area contributed by atoms with Crippen LogP contribution in [-0.2, 0) is 13.0 Å². The molecule has 1 aliphatic heterocycles. The van der Waals surface area contributed by atoms with Crippen molar-refractivity contribution in [1.29, 1.82) is 0 Å². The molecule has 3 heterocycles. The Bertz CT molecular complexity index is 792. The minimum Gasteiger partial charge on any atom is -0.351 e. The molecule has 6 heteroatoms. The highest BCUT2D eigenvalue weighted by atomic mass is 15.3. The number of hydrogen-bond donors (Lipinski definition) is 1. The van der Waals surface area contributed by atoms with E-state index in [1.165, 1.54) is 17.7 Å². The van der Waals surface area contributed by atoms with Crippen LogP contribution in [0.4, 0.5) is 5.82 Å². The van der Waals surface area contributed by atoms with E-state index in [0.29, 0.717) is 12.1 Å². The van der Waals surface area contributed by atoms with Gasteiger partial charge in [-0.15, -0.1) is 0 Å². The zero-order valence-corrected chi connectivity index (χ0v) is 16.6. The van der Waals surface area contributed by atoms with Crippen LogP contribution in [0.3, 0.4) is 0 Å². The number of aryl methyl sites for hydroxylation is 2. The molecule has 1 N–H and O–H groups in total. The fraction of sp³-hybridized carbons (Fsp3) is 0.571. The van der Waals surface area contributed by atoms with Crippen LogP contribution >= 0.6 is 0 Å². The topological polar surface area (TPSA) is 57.2 Å². The van der Waals surface area contributed by atoms with Gasteiger partial charge in [0.15, 0.2) is 0 Å². The highest BCUT2D eigenvalue weighted by Crippen LogP contribution is 2.32. The van der Waals surface area contributed by atoms with Crippen molar-refractivity contribution in [3.63, 3.8) is 0 Å². The molecule has 4 rings (SSSR count). The Morgan fingerprint density at radius 3 is 3.07 bits per heavy atom. The van der Waals surface area contributed by atoms with Gasteiger partial charge >= 0.3 is 0 Å². The van der Waals surface area contributed by atoms with Gasteiger partial charge in [0.05, 0.1) is 17.4 Å². The summed E-state index contributed by atoms with van der Waals surface area (Å²) in [4.78, 5) is 18.9. The number of nitrogens with zero attached hydrogens (tertiary/aromatic N) is 5. The fourth-order valence-electron chi connectivity index (χ4n) is 4.40. The van der Waals surface area contributed by atoms with E-state index in [2.05, 4.69) is 47.3 Å². The summed E-state index contributed by atoms with van der Waals surface area (Å²) in [6.07, 6.45) is 5.45. The number of anilines is 1. The Morgan fingerprint density at radius 2 is 2.22 bits per heavy atom. The van der Waals surface area contributed by atoms with Crippen LogP contribution in [0.1, 0.15) is 48.6 Å². The summed E-state index contributed by atoms with van der Waals surface area (Å²) in [6.45, 7) is 8.07. The molecule has 27 heavy (non-hydrogen) atoms. The summed E-state index contributed by atoms with van der Waals surface area (Å²) in [5, 5.41) is 3.45. The molecule has 0 amide bonds. The van der Waals surface area contributed by atoms with Crippen LogP contribution in [0, 0.1) is 6.92 Å². The van der Waals surface area contributed by atoms with Gasteiger partial charge in [-0.25, -0.2) is 9.97 Å². The average Bonchev–Trinajstić information content (AvgIpc) is 2.67. The molecule has 0 spiro atoms. The predicted octanol–water partition coefficient (Wildman–Crippen LogP) is 2.49. The van der Waals surface area contributed by atoms with Crippen LogP contribution in [0.2, 0.25) is 0 Å². The Labute approximate surface area is 162 Å². The molecule has 0 saturated carbocycles. The minimum atomic E-state index is 0.367. The molecule has 0 aromatic carbocycles. The first-order valence-corrected chi connectivity index (χ1v) is 10.1. The number of aromatic nitrogens is 3. The third-order valence-corrected chi connectivity index (χ3v) is 5.78. The first-order chi connectivity index (χ1) is 13.1. The first-order valence-electron chi connectivity index (χ1n) is 10.1. The van der Waals surface area contributed by atoms with Gasteiger partial charge in [-0.1, -0.05) is 6.07 Å². The van der Waals surface area contributed by atoms with Gasteiger partial charge < -0.3 is 10.2 Å². The van der Waals surface area contributed by atoms with Crippen molar-refractivity contribution < 1.29 is 0 Å². The van der Waals surface area contributed by atoms with Gasteiger partial charge in [-0.2, -0.15) is 0 Å². The van der Waals surface area contributed by atoms with Crippen molar-refractivity contribution >= 4 is 5.82 Å². The van der Waals surface area contributed by atoms with E-state index >= 15 is 0 Å². The van der Waals surface area contributed by atoms with E-state index < -0.39 is 0 Å². The Kier molecular flexibility index (Phi) is 5.36. The minimum absolute atomic E-state index is 0.367. The van der Waals surface area contributed by atoms with E-state index in [1.807, 2.05) is 13.1 Å². The number of fused-ring (bicyclic) bond motifs is 1. The zero-order valence-electron chi connectivity index (χ0n) is 16.6. The van der Waals surface area contributed by atoms with Gasteiger partial charge in [0.2, 0.25) is 0 Å². The number of pyridine rings is 1. The third kappa shape index (κ3) is 3.96. The SMILES string of the molecule is Cc1nc(CN(C)[C@H]2CCCc3cccnc32)cc(N2CCNC[C@H]2C)n1. The normalized spacial score (nSPS) is 22.7. The van der Waals surface area contributed by atoms with Crippen LogP contribution < -0.4 is 10.2 Å². The number of rotatable bonds is 4. The van der Waals surface area contributed by atoms with Gasteiger partial charge in [0.25, 0.3) is 0 Å². The van der Waals surface area contributed by atoms with Crippen molar-refractivity contribution in [3.8, 4) is 0 Å². The fourth-order valence-corrected chi connectivity index (χ4v) is 4.40. The van der Waals surface area contributed by atoms with Crippen molar-refractivity contribution in [3.05, 3.63) is 47.2 Å². The van der Waals surface area contributed by atoms with E-state index in [1.54, 1.807) is 0 Å². The van der Waals surface area contributed by atoms with E-state index in [-0.39, 0.29) is 0 Å². The maximum absolute atomic E-state index is 4.73. The second-order valence-electron chi connectivity index (χ2n) is 7.88. The number of piperazine rings is 1. The van der Waals surface area contributed by atoms with E-state index in [4.69, 9.17) is 15.0 Å². The lowest BCUT2D eigenvalue weighted by Gasteiger charge is -2.35. The Hall–Kier alpha value is -2.05. The molecule has 1 saturated heterocycles. The maximum atomic E-state index is 4.73. The largest absolute Gasteiger partial charge is 0.351 e. The van der Waals surface area contributed by atoms with Crippen LogP contribution in [-0.4, -0.2) is 52.6 Å². The average molecular weight is 367 g/mol. The van der Waals surface area contributed by atoms with Crippen molar-refractivity contribution in [1.82, 2.24) is 25.2 Å². The van der Waals surface area contributed by atoms with Gasteiger partial charge in [-0.05, 0) is 51.8 Å². The van der Waals surface area contributed by atoms with Gasteiger partial charge in [-0.3, -0.25) is 9.88 Å². The summed E-state index contributed by atoms with van der Waals surface area (Å²) < 4.78 is 0. The molecule has 2 aromatic rings. The van der Waals surface area contributed by atoms with Crippen LogP contribution in [0.25, 0.3) is 0 Å². The van der Waals surface area contributed by atoms with Crippen LogP contribution in [0.5, 0.6) is 0 Å². The van der Waals surface area contributed by atoms with Crippen molar-refractivity contribution in [2.45, 2.75) is 51.7 Å². The molecule has 6 nitrogen and oxygen atoms in total. The zero-order chi connectivity index (χ0) is 18.8. The number of nitrogens with one attached hydrogen (secondary N) is 1. The van der Waals surface area contributed by atoms with Crippen molar-refractivity contribution in [2.24, 2.45) is 0 Å². The summed E-state index contributed by atoms with van der Waals surface area (Å²) in [5.41, 5.74) is 3.73. The predicted molar refractivity (Wildman–Crippen MR) is 108 cm³/mol. The standard InChI is InChI=1S/C21H30N6/c1-15-13-22-10-11-27(15)20-12-18(24-16(2)25-20)14-26(3)19-8-4-6-17-7-5-9-23-21(17)19/h5,7,9,12,15,19,22H,4,6,8,10-11,13-14H2,1-3H3/t15-,19+/m1/s1. The van der Waals surface area contributed by atoms with Crippen LogP contribution in [0.15, 0.2) is 24.4 Å². The Balaban J connectivity index is 1.54. The molecule has 2 aliphatic rings. The molecule has 0 unspecified atom stereocenters. The van der Waals surface area contributed by atoms with E-state index in [9.17, 15) is 0 Å². The summed E-state index contributed by atoms with van der Waals surface area (Å²) in [5.74, 6) is 1.91. The quantitative estimate of drug-likeness (QED) is 0.897. The molecule has 0 radical (unpaired) electrons. The number of hydrogen-bond acceptors (Lipinski definition) is 6. The molecule has 2 aromatic heterocycles. The third-order valence-electron chi connectivity index (χ3n) is 5.78. The summed E-state index contributed by atoms with van der Waals surface area (Å²) in [7, 11) is 2.19. The molecule has 1 fully saturated rings. The Morgan fingerprint density at radius 1 is 1.33 bits per heavy atom. The molecule has 2 atom stereocenters.